The number of nitrogens with one attached hydrogen (secondary N) is 2. The van der Waals surface area contributed by atoms with Crippen molar-refractivity contribution in [2.45, 2.75) is 0 Å². The van der Waals surface area contributed by atoms with Crippen LogP contribution in [0.15, 0.2) is 67.1 Å². The van der Waals surface area contributed by atoms with Crippen molar-refractivity contribution >= 4 is 39.6 Å². The second-order valence-electron chi connectivity index (χ2n) is 9.53. The Morgan fingerprint density at radius 1 is 1.00 bits per heavy atom. The first kappa shape index (κ1) is 23.9. The summed E-state index contributed by atoms with van der Waals surface area (Å²) in [6.07, 6.45) is 5.20. The van der Waals surface area contributed by atoms with Crippen LogP contribution in [0, 0.1) is 0 Å². The van der Waals surface area contributed by atoms with Gasteiger partial charge in [0.05, 0.1) is 23.6 Å². The minimum Gasteiger partial charge on any atom is -0.480 e. The van der Waals surface area contributed by atoms with Crippen LogP contribution in [0.4, 0.5) is 17.2 Å². The number of likely N-dealkylation sites (N-methyl/N-ethyl adjacent to an activating group) is 1. The summed E-state index contributed by atoms with van der Waals surface area (Å²) < 4.78 is 5.44. The first-order valence-corrected chi connectivity index (χ1v) is 12.7. The van der Waals surface area contributed by atoms with Gasteiger partial charge in [-0.3, -0.25) is 4.79 Å². The molecule has 2 N–H and O–H groups in total. The maximum atomic E-state index is 13.2. The zero-order valence-corrected chi connectivity index (χ0v) is 21.4. The quantitative estimate of drug-likeness (QED) is 0.420. The van der Waals surface area contributed by atoms with E-state index in [4.69, 9.17) is 4.74 Å². The second kappa shape index (κ2) is 10.1. The minimum atomic E-state index is -0.203. The highest BCUT2D eigenvalue weighted by Crippen LogP contribution is 2.34. The van der Waals surface area contributed by atoms with Crippen molar-refractivity contribution in [1.29, 1.82) is 0 Å². The van der Waals surface area contributed by atoms with Gasteiger partial charge < -0.3 is 25.2 Å². The molecule has 2 aromatic carbocycles. The molecule has 0 radical (unpaired) electrons. The number of pyridine rings is 1. The summed E-state index contributed by atoms with van der Waals surface area (Å²) in [7, 11) is 3.75. The van der Waals surface area contributed by atoms with Crippen LogP contribution in [-0.4, -0.2) is 72.6 Å². The van der Waals surface area contributed by atoms with Crippen molar-refractivity contribution in [3.05, 3.63) is 83.8 Å². The van der Waals surface area contributed by atoms with Gasteiger partial charge in [-0.2, -0.15) is 0 Å². The normalized spacial score (nSPS) is 15.4. The van der Waals surface area contributed by atoms with E-state index in [9.17, 15) is 4.79 Å². The number of benzene rings is 2. The second-order valence-corrected chi connectivity index (χ2v) is 9.53. The van der Waals surface area contributed by atoms with Gasteiger partial charge >= 0.3 is 0 Å². The topological polar surface area (TPSA) is 95.5 Å². The number of aromatic nitrogens is 3. The summed E-state index contributed by atoms with van der Waals surface area (Å²) >= 11 is 0. The van der Waals surface area contributed by atoms with Gasteiger partial charge in [-0.15, -0.1) is 0 Å². The van der Waals surface area contributed by atoms with Gasteiger partial charge in [-0.25, -0.2) is 15.0 Å². The highest BCUT2D eigenvalue weighted by atomic mass is 16.5. The Morgan fingerprint density at radius 3 is 2.61 bits per heavy atom. The van der Waals surface area contributed by atoms with Gasteiger partial charge in [0.15, 0.2) is 0 Å². The molecule has 2 aliphatic rings. The summed E-state index contributed by atoms with van der Waals surface area (Å²) in [5, 5.41) is 7.15. The van der Waals surface area contributed by atoms with E-state index in [2.05, 4.69) is 60.6 Å². The summed E-state index contributed by atoms with van der Waals surface area (Å²) in [6.45, 7) is 4.75. The molecule has 1 fully saturated rings. The first-order chi connectivity index (χ1) is 18.6. The zero-order valence-electron chi connectivity index (χ0n) is 21.4. The van der Waals surface area contributed by atoms with Gasteiger partial charge in [0, 0.05) is 55.9 Å². The van der Waals surface area contributed by atoms with E-state index in [1.807, 2.05) is 36.4 Å². The maximum absolute atomic E-state index is 13.2. The molecule has 2 aromatic heterocycles. The third kappa shape index (κ3) is 4.64. The summed E-state index contributed by atoms with van der Waals surface area (Å²) in [6, 6.07) is 15.9. The fourth-order valence-corrected chi connectivity index (χ4v) is 4.95. The lowest BCUT2D eigenvalue weighted by atomic mass is 9.94. The highest BCUT2D eigenvalue weighted by Gasteiger charge is 2.20. The van der Waals surface area contributed by atoms with E-state index < -0.39 is 0 Å². The van der Waals surface area contributed by atoms with E-state index in [1.165, 1.54) is 12.0 Å². The lowest BCUT2D eigenvalue weighted by molar-refractivity contribution is 0.102. The standard InChI is InChI=1S/C29H29N7O2/c1-35-11-13-36(14-12-35)22-6-4-21(5-7-22)34-28(37)20-16-24-23(9-10-30-27(24)31-17-20)19-3-8-26-25(15-19)29(38-2)33-18-32-26/h3-9,15-18H,10-14H2,1-2H3,(H,30,31)(H,34,37). The number of anilines is 3. The van der Waals surface area contributed by atoms with Crippen LogP contribution in [0.2, 0.25) is 0 Å². The van der Waals surface area contributed by atoms with E-state index in [0.29, 0.717) is 18.0 Å². The third-order valence-electron chi connectivity index (χ3n) is 7.11. The van der Waals surface area contributed by atoms with Crippen molar-refractivity contribution in [2.24, 2.45) is 0 Å². The Hall–Kier alpha value is -4.50. The van der Waals surface area contributed by atoms with Crippen molar-refractivity contribution in [2.75, 3.05) is 62.4 Å². The van der Waals surface area contributed by atoms with E-state index in [0.717, 1.165) is 65.3 Å². The molecule has 192 valence electrons. The van der Waals surface area contributed by atoms with Crippen molar-refractivity contribution in [1.82, 2.24) is 19.9 Å². The predicted molar refractivity (Wildman–Crippen MR) is 150 cm³/mol. The van der Waals surface area contributed by atoms with E-state index >= 15 is 0 Å². The molecule has 0 spiro atoms. The molecular formula is C29H29N7O2. The smallest absolute Gasteiger partial charge is 0.257 e. The first-order valence-electron chi connectivity index (χ1n) is 12.7. The Morgan fingerprint density at radius 2 is 1.82 bits per heavy atom. The molecular weight excluding hydrogens is 478 g/mol. The fraction of sp³-hybridized carbons (Fsp3) is 0.241. The van der Waals surface area contributed by atoms with E-state index in [-0.39, 0.29) is 5.91 Å². The SMILES string of the molecule is COc1ncnc2ccc(C3=CCNc4ncc(C(=O)Nc5ccc(N6CCN(C)CC6)cc5)cc43)cc12. The maximum Gasteiger partial charge on any atom is 0.257 e. The molecule has 0 bridgehead atoms. The molecule has 0 unspecified atom stereocenters. The van der Waals surface area contributed by atoms with Crippen LogP contribution >= 0.6 is 0 Å². The monoisotopic (exact) mass is 507 g/mol. The van der Waals surface area contributed by atoms with Crippen LogP contribution in [0.1, 0.15) is 21.5 Å². The Labute approximate surface area is 221 Å². The molecule has 0 aliphatic carbocycles. The number of methoxy groups -OCH3 is 1. The molecule has 9 nitrogen and oxygen atoms in total. The summed E-state index contributed by atoms with van der Waals surface area (Å²) in [5.41, 5.74) is 6.05. The molecule has 4 aromatic rings. The van der Waals surface area contributed by atoms with Gasteiger partial charge in [0.25, 0.3) is 5.91 Å². The molecule has 38 heavy (non-hydrogen) atoms. The van der Waals surface area contributed by atoms with Crippen molar-refractivity contribution in [3.63, 3.8) is 0 Å². The average Bonchev–Trinajstić information content (AvgIpc) is 2.97. The third-order valence-corrected chi connectivity index (χ3v) is 7.11. The number of ether oxygens (including phenoxy) is 1. The highest BCUT2D eigenvalue weighted by molar-refractivity contribution is 6.05. The molecule has 4 heterocycles. The Bertz CT molecular complexity index is 1530. The molecule has 6 rings (SSSR count). The van der Waals surface area contributed by atoms with Crippen LogP contribution in [0.25, 0.3) is 16.5 Å². The number of carbonyl (C=O) groups is 1. The van der Waals surface area contributed by atoms with Gasteiger partial charge in [-0.1, -0.05) is 12.1 Å². The summed E-state index contributed by atoms with van der Waals surface area (Å²) in [4.78, 5) is 31.0. The number of piperazine rings is 1. The lowest BCUT2D eigenvalue weighted by Crippen LogP contribution is -2.44. The van der Waals surface area contributed by atoms with Crippen molar-refractivity contribution < 1.29 is 9.53 Å². The van der Waals surface area contributed by atoms with Crippen LogP contribution < -0.4 is 20.3 Å². The van der Waals surface area contributed by atoms with Crippen molar-refractivity contribution in [3.8, 4) is 5.88 Å². The van der Waals surface area contributed by atoms with Gasteiger partial charge in [0.2, 0.25) is 5.88 Å². The number of fused-ring (bicyclic) bond motifs is 2. The van der Waals surface area contributed by atoms with Crippen LogP contribution in [0.5, 0.6) is 5.88 Å². The van der Waals surface area contributed by atoms with E-state index in [1.54, 1.807) is 13.3 Å². The Balaban J connectivity index is 1.23. The molecule has 0 saturated carbocycles. The van der Waals surface area contributed by atoms with Gasteiger partial charge in [-0.05, 0) is 60.6 Å². The molecule has 2 aliphatic heterocycles. The predicted octanol–water partition coefficient (Wildman–Crippen LogP) is 3.89. The number of nitrogens with zero attached hydrogens (tertiary/aromatic N) is 5. The number of hydrogen-bond acceptors (Lipinski definition) is 8. The molecule has 0 atom stereocenters. The Kier molecular flexibility index (Phi) is 6.35. The average molecular weight is 508 g/mol. The minimum absolute atomic E-state index is 0.203. The summed E-state index contributed by atoms with van der Waals surface area (Å²) in [5.74, 6) is 1.06. The molecule has 9 heteroatoms. The number of hydrogen-bond donors (Lipinski definition) is 2. The van der Waals surface area contributed by atoms with Crippen LogP contribution in [-0.2, 0) is 0 Å². The largest absolute Gasteiger partial charge is 0.480 e. The molecule has 1 amide bonds. The lowest BCUT2D eigenvalue weighted by Gasteiger charge is -2.34. The zero-order chi connectivity index (χ0) is 26.1. The number of amides is 1. The van der Waals surface area contributed by atoms with Crippen LogP contribution in [0.3, 0.4) is 0 Å². The fourth-order valence-electron chi connectivity index (χ4n) is 4.95. The van der Waals surface area contributed by atoms with Gasteiger partial charge in [0.1, 0.15) is 12.1 Å². The molecule has 1 saturated heterocycles. The number of rotatable bonds is 5. The number of carbonyl (C=O) groups excluding carboxylic acids is 1.